The lowest BCUT2D eigenvalue weighted by Gasteiger charge is -2.50. The molecule has 35 atom stereocenters. The Morgan fingerprint density at radius 2 is 0.346 bits per heavy atom. The number of hydrogen-bond donors (Lipinski definition) is 23. The first-order valence-corrected chi connectivity index (χ1v) is 24.7. The van der Waals surface area contributed by atoms with Gasteiger partial charge in [0.15, 0.2) is 44.0 Å². The van der Waals surface area contributed by atoms with Crippen LogP contribution in [0.1, 0.15) is 0 Å². The predicted molar refractivity (Wildman–Crippen MR) is 232 cm³/mol. The van der Waals surface area contributed by atoms with E-state index in [9.17, 15) is 91.9 Å². The van der Waals surface area contributed by atoms with E-state index in [4.69, 9.17) is 82.4 Å². The molecule has 23 saturated heterocycles. The molecule has 0 aromatic carbocycles. The summed E-state index contributed by atoms with van der Waals surface area (Å²) >= 11 is 0. The van der Waals surface area contributed by atoms with Crippen molar-refractivity contribution in [2.45, 2.75) is 215 Å². The second-order valence-electron chi connectivity index (χ2n) is 19.6. The van der Waals surface area contributed by atoms with Crippen molar-refractivity contribution >= 4 is 0 Å². The molecule has 36 nitrogen and oxygen atoms in total. The zero-order valence-electron chi connectivity index (χ0n) is 40.8. The maximum Gasteiger partial charge on any atom is 0.187 e. The summed E-state index contributed by atoms with van der Waals surface area (Å²) in [6.07, 6.45) is -65.5. The second-order valence-corrected chi connectivity index (χ2v) is 19.6. The van der Waals surface area contributed by atoms with E-state index in [1.54, 1.807) is 0 Å². The summed E-state index contributed by atoms with van der Waals surface area (Å²) in [5.41, 5.74) is 0. The molecule has 36 heteroatoms. The lowest BCUT2D eigenvalue weighted by Crippen LogP contribution is -2.69. The molecule has 1 unspecified atom stereocenters. The molecule has 0 aromatic heterocycles. The molecule has 0 aromatic rings. The number of ether oxygens (including phenoxy) is 13. The van der Waals surface area contributed by atoms with Gasteiger partial charge in [0, 0.05) is 0 Å². The molecule has 23 aliphatic heterocycles. The Kier molecular flexibility index (Phi) is 22.6. The van der Waals surface area contributed by atoms with Crippen LogP contribution < -0.4 is 0 Å². The molecular formula is C42H72O36. The molecule has 23 rings (SSSR count). The van der Waals surface area contributed by atoms with Gasteiger partial charge in [0.1, 0.15) is 171 Å². The zero-order valence-corrected chi connectivity index (χ0v) is 40.8. The molecule has 0 amide bonds. The number of rotatable bonds is 7. The Balaban J connectivity index is 0.000000649. The summed E-state index contributed by atoms with van der Waals surface area (Å²) in [5.74, 6) is 0. The second kappa shape index (κ2) is 27.5. The Hall–Kier alpha value is -1.44. The maximum absolute atomic E-state index is 11.2. The maximum atomic E-state index is 11.2. The van der Waals surface area contributed by atoms with Gasteiger partial charge in [-0.05, 0) is 0 Å². The number of aliphatic hydroxyl groups excluding tert-OH is 23. The standard InChI is InChI=1S/C36H60O30.C6H12O6/c37-1-7-25-13(43)19(49)31(55-7)62-26-8(2-38)57-33(21(51)15(26)45)64-28-10(4-40)59-35(23(53)17(28)47)66-30-12(6-42)60-36(24(54)18(30)48)65-29-11(5-41)58-34(22(52)16(29)46)63-27-9(3-39)56-32(61-25)20(50)14(27)44;7-1-2-3(8)4(9)5(10)6(11)12-2/h7-54H,1-6H2;2-11H,1H2/t7-,8-,9-,10-,11-,12-,13-,14-,15-,16-,17-,18-,19-,20-,21-,22-,23-,24-,25-,26-,27-,28-,29-,30-,31-,32-,33-,34-,35-,36-;2-,3-,4+,5-,6?/m11/s1. The minimum Gasteiger partial charge on any atom is -0.394 e. The van der Waals surface area contributed by atoms with Gasteiger partial charge in [-0.25, -0.2) is 0 Å². The van der Waals surface area contributed by atoms with Crippen molar-refractivity contribution < 1.29 is 179 Å². The van der Waals surface area contributed by atoms with Crippen LogP contribution in [-0.4, -0.2) is 379 Å². The Labute approximate surface area is 439 Å². The van der Waals surface area contributed by atoms with Gasteiger partial charge in [-0.15, -0.1) is 0 Å². The van der Waals surface area contributed by atoms with E-state index in [0.29, 0.717) is 0 Å². The van der Waals surface area contributed by atoms with Crippen LogP contribution >= 0.6 is 0 Å². The SMILES string of the molecule is OC[C@H]1OC(O)[C@H](O)[C@@H](O)[C@@H]1O.OC[C@H]1O[C@@H]2O[C@H]3[C@H](O)[C@@H](O)[C@@H](O[C@H]4[C@H](O)[C@@H](O)[C@@H](O[C@H]5[C@H](O)[C@@H](O)[C@@H](O[C@H]6[C@H](O)[C@@H](O)[C@@H](O[C@H]7[C@H](O)[C@@H](O)[C@@H](O[C@H]1[C@H](O)[C@H]2O)O[C@@H]7CO)O[C@@H]6CO)O[C@@H]5CO)O[C@@H]4CO)O[C@@H]3CO. The minimum absolute atomic E-state index is 0.526. The van der Waals surface area contributed by atoms with Crippen LogP contribution in [0.3, 0.4) is 0 Å². The molecule has 23 heterocycles. The van der Waals surface area contributed by atoms with Gasteiger partial charge in [-0.2, -0.15) is 0 Å². The van der Waals surface area contributed by atoms with Crippen molar-refractivity contribution in [3.05, 3.63) is 0 Å². The topological polar surface area (TPSA) is 585 Å². The normalized spacial score (nSPS) is 54.4. The molecule has 23 fully saturated rings. The van der Waals surface area contributed by atoms with Crippen molar-refractivity contribution in [3.63, 3.8) is 0 Å². The van der Waals surface area contributed by atoms with E-state index in [1.165, 1.54) is 0 Å². The summed E-state index contributed by atoms with van der Waals surface area (Å²) < 4.78 is 72.4. The smallest absolute Gasteiger partial charge is 0.187 e. The van der Waals surface area contributed by atoms with Gasteiger partial charge in [0.25, 0.3) is 0 Å². The molecule has 23 N–H and O–H groups in total. The summed E-state index contributed by atoms with van der Waals surface area (Å²) in [6, 6.07) is 0. The van der Waals surface area contributed by atoms with E-state index < -0.39 is 261 Å². The van der Waals surface area contributed by atoms with E-state index in [2.05, 4.69) is 4.74 Å². The summed E-state index contributed by atoms with van der Waals surface area (Å²) in [4.78, 5) is 0. The van der Waals surface area contributed by atoms with Crippen molar-refractivity contribution in [3.8, 4) is 0 Å². The van der Waals surface area contributed by atoms with Crippen LogP contribution in [0.25, 0.3) is 0 Å². The fourth-order valence-corrected chi connectivity index (χ4v) is 10.0. The predicted octanol–water partition coefficient (Wildman–Crippen LogP) is -16.3. The van der Waals surface area contributed by atoms with Gasteiger partial charge < -0.3 is 179 Å². The summed E-state index contributed by atoms with van der Waals surface area (Å²) in [7, 11) is 0. The van der Waals surface area contributed by atoms with Gasteiger partial charge in [-0.3, -0.25) is 0 Å². The highest BCUT2D eigenvalue weighted by Crippen LogP contribution is 2.38. The van der Waals surface area contributed by atoms with Gasteiger partial charge in [0.2, 0.25) is 0 Å². The van der Waals surface area contributed by atoms with E-state index in [-0.39, 0.29) is 0 Å². The molecule has 0 radical (unpaired) electrons. The Morgan fingerprint density at radius 3 is 0.513 bits per heavy atom. The Morgan fingerprint density at radius 1 is 0.167 bits per heavy atom. The van der Waals surface area contributed by atoms with E-state index >= 15 is 0 Å². The van der Waals surface area contributed by atoms with Crippen molar-refractivity contribution in [2.75, 3.05) is 46.2 Å². The largest absolute Gasteiger partial charge is 0.394 e. The van der Waals surface area contributed by atoms with Crippen molar-refractivity contribution in [1.29, 1.82) is 0 Å². The van der Waals surface area contributed by atoms with Gasteiger partial charge in [0.05, 0.1) is 46.2 Å². The zero-order chi connectivity index (χ0) is 57.3. The van der Waals surface area contributed by atoms with Crippen LogP contribution in [0.4, 0.5) is 0 Å². The molecule has 0 spiro atoms. The quantitative estimate of drug-likeness (QED) is 0.113. The molecule has 23 aliphatic rings. The molecular weight excluding hydrogens is 1080 g/mol. The average molecular weight is 1150 g/mol. The molecule has 78 heavy (non-hydrogen) atoms. The van der Waals surface area contributed by atoms with Crippen LogP contribution in [0.15, 0.2) is 0 Å². The summed E-state index contributed by atoms with van der Waals surface area (Å²) in [5, 5.41) is 240. The fourth-order valence-electron chi connectivity index (χ4n) is 10.0. The van der Waals surface area contributed by atoms with Gasteiger partial charge >= 0.3 is 0 Å². The molecule has 456 valence electrons. The van der Waals surface area contributed by atoms with E-state index in [0.717, 1.165) is 0 Å². The van der Waals surface area contributed by atoms with Crippen LogP contribution in [0.2, 0.25) is 0 Å². The summed E-state index contributed by atoms with van der Waals surface area (Å²) in [6.45, 7) is -6.52. The average Bonchev–Trinajstić information content (AvgIpc) is 3.47. The van der Waals surface area contributed by atoms with Crippen LogP contribution in [0, 0.1) is 0 Å². The first-order chi connectivity index (χ1) is 37.0. The first kappa shape index (κ1) is 64.1. The third kappa shape index (κ3) is 12.9. The van der Waals surface area contributed by atoms with Gasteiger partial charge in [-0.1, -0.05) is 0 Å². The first-order valence-electron chi connectivity index (χ1n) is 24.7. The highest BCUT2D eigenvalue weighted by atomic mass is 16.8. The molecule has 0 saturated carbocycles. The fraction of sp³-hybridized carbons (Fsp3) is 1.00. The minimum atomic E-state index is -2.15. The monoisotopic (exact) mass is 1150 g/mol. The lowest BCUT2D eigenvalue weighted by atomic mass is 9.94. The highest BCUT2D eigenvalue weighted by Gasteiger charge is 2.59. The highest BCUT2D eigenvalue weighted by molar-refractivity contribution is 5.01. The van der Waals surface area contributed by atoms with E-state index in [1.807, 2.05) is 0 Å². The molecule has 0 aliphatic carbocycles. The third-order valence-electron chi connectivity index (χ3n) is 14.5. The van der Waals surface area contributed by atoms with Crippen LogP contribution in [0.5, 0.6) is 0 Å². The Bertz CT molecular complexity index is 1520. The number of hydrogen-bond acceptors (Lipinski definition) is 36. The third-order valence-corrected chi connectivity index (χ3v) is 14.5. The number of aliphatic hydroxyl groups is 23. The van der Waals surface area contributed by atoms with Crippen molar-refractivity contribution in [2.24, 2.45) is 0 Å². The van der Waals surface area contributed by atoms with Crippen molar-refractivity contribution in [1.82, 2.24) is 0 Å². The molecule has 12 bridgehead atoms. The van der Waals surface area contributed by atoms with Crippen LogP contribution in [-0.2, 0) is 61.6 Å². The lowest BCUT2D eigenvalue weighted by molar-refractivity contribution is -0.404.